The average Bonchev–Trinajstić information content (AvgIpc) is 3.15. The summed E-state index contributed by atoms with van der Waals surface area (Å²) < 4.78 is 0. The molecule has 10 heteroatoms. The van der Waals surface area contributed by atoms with E-state index in [0.717, 1.165) is 5.56 Å². The van der Waals surface area contributed by atoms with Crippen molar-refractivity contribution in [2.45, 2.75) is 31.0 Å². The zero-order valence-corrected chi connectivity index (χ0v) is 17.8. The van der Waals surface area contributed by atoms with Crippen LogP contribution in [-0.4, -0.2) is 52.5 Å². The van der Waals surface area contributed by atoms with Crippen LogP contribution in [0, 0.1) is 0 Å². The van der Waals surface area contributed by atoms with Gasteiger partial charge >= 0.3 is 6.03 Å². The quantitative estimate of drug-likeness (QED) is 0.559. The summed E-state index contributed by atoms with van der Waals surface area (Å²) in [5.74, 6) is -0.314. The van der Waals surface area contributed by atoms with Crippen LogP contribution in [0.25, 0.3) is 0 Å². The zero-order chi connectivity index (χ0) is 22.1. The smallest absolute Gasteiger partial charge is 0.319 e. The van der Waals surface area contributed by atoms with Gasteiger partial charge in [-0.25, -0.2) is 4.79 Å². The molecule has 4 amide bonds. The molecule has 2 aliphatic rings. The third kappa shape index (κ3) is 4.55. The lowest BCUT2D eigenvalue weighted by atomic mass is 10.0. The number of fused-ring (bicyclic) bond motifs is 1. The molecule has 2 aromatic rings. The molecule has 8 nitrogen and oxygen atoms in total. The fraction of sp³-hybridized carbons (Fsp3) is 0.286. The second-order valence-electron chi connectivity index (χ2n) is 7.57. The Hall–Kier alpha value is -2.97. The van der Waals surface area contributed by atoms with Crippen molar-refractivity contribution >= 4 is 46.7 Å². The van der Waals surface area contributed by atoms with Crippen LogP contribution >= 0.6 is 23.2 Å². The molecule has 2 aliphatic heterocycles. The Morgan fingerprint density at radius 3 is 2.48 bits per heavy atom. The van der Waals surface area contributed by atoms with E-state index in [4.69, 9.17) is 23.2 Å². The van der Waals surface area contributed by atoms with E-state index in [1.807, 2.05) is 0 Å². The SMILES string of the molecule is O=C(Nc1c(Cl)cccc1Cl)N[C@H]1C[C@H]2C(=O)N[C@@H](Cc3ccc(O)cc3)C(=O)N2C1. The fourth-order valence-corrected chi connectivity index (χ4v) is 4.41. The maximum Gasteiger partial charge on any atom is 0.319 e. The first-order valence-corrected chi connectivity index (χ1v) is 10.5. The monoisotopic (exact) mass is 462 g/mol. The van der Waals surface area contributed by atoms with Crippen molar-refractivity contribution in [1.29, 1.82) is 0 Å². The van der Waals surface area contributed by atoms with E-state index in [1.165, 1.54) is 17.0 Å². The van der Waals surface area contributed by atoms with E-state index in [2.05, 4.69) is 16.0 Å². The number of rotatable bonds is 4. The van der Waals surface area contributed by atoms with E-state index in [9.17, 15) is 19.5 Å². The van der Waals surface area contributed by atoms with Crippen LogP contribution in [-0.2, 0) is 16.0 Å². The van der Waals surface area contributed by atoms with Crippen LogP contribution in [0.4, 0.5) is 10.5 Å². The number of piperazine rings is 1. The van der Waals surface area contributed by atoms with Gasteiger partial charge in [0.25, 0.3) is 0 Å². The Morgan fingerprint density at radius 1 is 1.13 bits per heavy atom. The number of phenols is 1. The van der Waals surface area contributed by atoms with Gasteiger partial charge in [0.1, 0.15) is 17.8 Å². The maximum atomic E-state index is 12.9. The van der Waals surface area contributed by atoms with Crippen LogP contribution in [0.3, 0.4) is 0 Å². The lowest BCUT2D eigenvalue weighted by Crippen LogP contribution is -2.61. The molecule has 31 heavy (non-hydrogen) atoms. The minimum atomic E-state index is -0.692. The molecule has 0 spiro atoms. The number of carbonyl (C=O) groups is 3. The molecule has 3 atom stereocenters. The number of nitrogens with one attached hydrogen (secondary N) is 3. The highest BCUT2D eigenvalue weighted by molar-refractivity contribution is 6.39. The van der Waals surface area contributed by atoms with Gasteiger partial charge in [0, 0.05) is 13.0 Å². The summed E-state index contributed by atoms with van der Waals surface area (Å²) in [5.41, 5.74) is 1.11. The lowest BCUT2D eigenvalue weighted by molar-refractivity contribution is -0.147. The minimum Gasteiger partial charge on any atom is -0.508 e. The molecule has 2 saturated heterocycles. The molecule has 2 aromatic carbocycles. The summed E-state index contributed by atoms with van der Waals surface area (Å²) in [5, 5.41) is 18.2. The van der Waals surface area contributed by atoms with Gasteiger partial charge in [-0.05, 0) is 36.2 Å². The Labute approximate surface area is 188 Å². The van der Waals surface area contributed by atoms with Gasteiger partial charge in [0.2, 0.25) is 11.8 Å². The lowest BCUT2D eigenvalue weighted by Gasteiger charge is -2.34. The number of hydrogen-bond donors (Lipinski definition) is 4. The predicted octanol–water partition coefficient (Wildman–Crippen LogP) is 2.53. The number of para-hydroxylation sites is 1. The van der Waals surface area contributed by atoms with Gasteiger partial charge in [-0.1, -0.05) is 41.4 Å². The molecule has 0 saturated carbocycles. The van der Waals surface area contributed by atoms with Crippen molar-refractivity contribution in [3.05, 3.63) is 58.1 Å². The van der Waals surface area contributed by atoms with Gasteiger partial charge in [-0.3, -0.25) is 9.59 Å². The van der Waals surface area contributed by atoms with Crippen LogP contribution < -0.4 is 16.0 Å². The number of anilines is 1. The summed E-state index contributed by atoms with van der Waals surface area (Å²) >= 11 is 12.1. The van der Waals surface area contributed by atoms with Gasteiger partial charge in [0.05, 0.1) is 21.8 Å². The normalized spacial score (nSPS) is 22.6. The third-order valence-electron chi connectivity index (χ3n) is 5.41. The van der Waals surface area contributed by atoms with Gasteiger partial charge in [0.15, 0.2) is 0 Å². The number of carbonyl (C=O) groups excluding carboxylic acids is 3. The second kappa shape index (κ2) is 8.64. The standard InChI is InChI=1S/C21H20Cl2N4O4/c22-14-2-1-3-15(23)18(14)26-21(31)24-12-9-17-19(29)25-16(20(30)27(17)10-12)8-11-4-6-13(28)7-5-11/h1-7,12,16-17,28H,8-10H2,(H,25,29)(H2,24,26,31)/t12-,16-,17-/m0/s1. The van der Waals surface area contributed by atoms with Crippen molar-refractivity contribution < 1.29 is 19.5 Å². The highest BCUT2D eigenvalue weighted by atomic mass is 35.5. The molecule has 4 N–H and O–H groups in total. The molecule has 0 aliphatic carbocycles. The molecule has 2 fully saturated rings. The summed E-state index contributed by atoms with van der Waals surface area (Å²) in [6.07, 6.45) is 0.630. The van der Waals surface area contributed by atoms with Crippen LogP contribution in [0.15, 0.2) is 42.5 Å². The molecular weight excluding hydrogens is 443 g/mol. The Morgan fingerprint density at radius 2 is 1.81 bits per heavy atom. The molecule has 0 unspecified atom stereocenters. The first-order valence-electron chi connectivity index (χ1n) is 9.72. The molecular formula is C21H20Cl2N4O4. The molecule has 2 heterocycles. The Kier molecular flexibility index (Phi) is 5.93. The first-order chi connectivity index (χ1) is 14.8. The number of aromatic hydroxyl groups is 1. The summed E-state index contributed by atoms with van der Waals surface area (Å²) in [7, 11) is 0. The van der Waals surface area contributed by atoms with Crippen molar-refractivity contribution in [1.82, 2.24) is 15.5 Å². The highest BCUT2D eigenvalue weighted by Gasteiger charge is 2.46. The molecule has 0 aromatic heterocycles. The van der Waals surface area contributed by atoms with E-state index in [1.54, 1.807) is 30.3 Å². The predicted molar refractivity (Wildman–Crippen MR) is 116 cm³/mol. The van der Waals surface area contributed by atoms with E-state index in [0.29, 0.717) is 28.6 Å². The van der Waals surface area contributed by atoms with Gasteiger partial charge < -0.3 is 26.0 Å². The summed E-state index contributed by atoms with van der Waals surface area (Å²) in [4.78, 5) is 39.4. The van der Waals surface area contributed by atoms with Crippen LogP contribution in [0.1, 0.15) is 12.0 Å². The van der Waals surface area contributed by atoms with E-state index >= 15 is 0 Å². The molecule has 0 bridgehead atoms. The largest absolute Gasteiger partial charge is 0.508 e. The number of phenolic OH excluding ortho intramolecular Hbond substituents is 1. The third-order valence-corrected chi connectivity index (χ3v) is 6.04. The maximum absolute atomic E-state index is 12.9. The number of hydrogen-bond acceptors (Lipinski definition) is 4. The number of urea groups is 1. The first kappa shape index (κ1) is 21.3. The van der Waals surface area contributed by atoms with Gasteiger partial charge in [-0.2, -0.15) is 0 Å². The highest BCUT2D eigenvalue weighted by Crippen LogP contribution is 2.30. The van der Waals surface area contributed by atoms with Crippen molar-refractivity contribution in [3.63, 3.8) is 0 Å². The van der Waals surface area contributed by atoms with Crippen molar-refractivity contribution in [2.24, 2.45) is 0 Å². The Bertz CT molecular complexity index is 1010. The van der Waals surface area contributed by atoms with Crippen LogP contribution in [0.2, 0.25) is 10.0 Å². The van der Waals surface area contributed by atoms with Crippen molar-refractivity contribution in [3.8, 4) is 5.75 Å². The second-order valence-corrected chi connectivity index (χ2v) is 8.38. The minimum absolute atomic E-state index is 0.132. The summed E-state index contributed by atoms with van der Waals surface area (Å²) in [6.45, 7) is 0.229. The number of amides is 4. The van der Waals surface area contributed by atoms with Gasteiger partial charge in [-0.15, -0.1) is 0 Å². The topological polar surface area (TPSA) is 111 Å². The molecule has 4 rings (SSSR count). The summed E-state index contributed by atoms with van der Waals surface area (Å²) in [6, 6.07) is 9.13. The fourth-order valence-electron chi connectivity index (χ4n) is 3.92. The van der Waals surface area contributed by atoms with E-state index in [-0.39, 0.29) is 24.1 Å². The van der Waals surface area contributed by atoms with E-state index < -0.39 is 24.2 Å². The number of halogens is 2. The average molecular weight is 463 g/mol. The van der Waals surface area contributed by atoms with Crippen molar-refractivity contribution in [2.75, 3.05) is 11.9 Å². The number of nitrogens with zero attached hydrogens (tertiary/aromatic N) is 1. The molecule has 0 radical (unpaired) electrons. The zero-order valence-electron chi connectivity index (χ0n) is 16.3. The van der Waals surface area contributed by atoms with Crippen LogP contribution in [0.5, 0.6) is 5.75 Å². The number of benzene rings is 2. The Balaban J connectivity index is 1.39. The molecule has 162 valence electrons.